The lowest BCUT2D eigenvalue weighted by Gasteiger charge is -2.12. The van der Waals surface area contributed by atoms with Crippen LogP contribution < -0.4 is 10.6 Å². The minimum atomic E-state index is -3.27. The first-order valence-electron chi connectivity index (χ1n) is 8.33. The quantitative estimate of drug-likeness (QED) is 0.652. The van der Waals surface area contributed by atoms with Crippen molar-refractivity contribution in [2.75, 3.05) is 23.9 Å². The van der Waals surface area contributed by atoms with Crippen molar-refractivity contribution in [1.82, 2.24) is 10.2 Å². The van der Waals surface area contributed by atoms with E-state index in [2.05, 4.69) is 16.7 Å². The Hall–Kier alpha value is -2.45. The summed E-state index contributed by atoms with van der Waals surface area (Å²) in [4.78, 5) is 38.4. The minimum Gasteiger partial charge on any atom is -0.326 e. The fourth-order valence-electron chi connectivity index (χ4n) is 3.17. The Labute approximate surface area is 160 Å². The van der Waals surface area contributed by atoms with Gasteiger partial charge in [-0.25, -0.2) is 13.2 Å². The molecule has 1 saturated heterocycles. The van der Waals surface area contributed by atoms with Crippen LogP contribution >= 0.6 is 11.3 Å². The van der Waals surface area contributed by atoms with Crippen LogP contribution in [0.4, 0.5) is 9.80 Å². The largest absolute Gasteiger partial charge is 0.326 e. The van der Waals surface area contributed by atoms with E-state index in [0.29, 0.717) is 10.6 Å². The molecular weight excluding hydrogens is 392 g/mol. The van der Waals surface area contributed by atoms with Gasteiger partial charge in [0.1, 0.15) is 33.5 Å². The summed E-state index contributed by atoms with van der Waals surface area (Å²) in [6.07, 6.45) is 3.67. The molecule has 11 heteroatoms. The van der Waals surface area contributed by atoms with E-state index in [0.717, 1.165) is 40.9 Å². The maximum absolute atomic E-state index is 12.3. The smallest absolute Gasteiger partial charge is 0.325 e. The molecule has 27 heavy (non-hydrogen) atoms. The minimum absolute atomic E-state index is 0.0439. The number of imide groups is 1. The molecule has 1 atom stereocenters. The molecule has 3 rings (SSSR count). The fraction of sp³-hybridized carbons (Fsp3) is 0.500. The maximum atomic E-state index is 12.3. The molecule has 1 aromatic heterocycles. The molecule has 2 aliphatic rings. The topological polar surface area (TPSA) is 136 Å². The number of carbonyl (C=O) groups is 3. The first-order valence-corrected chi connectivity index (χ1v) is 11.2. The van der Waals surface area contributed by atoms with Crippen LogP contribution in [0.1, 0.15) is 28.8 Å². The number of anilines is 1. The molecule has 0 aromatic carbocycles. The number of thiophene rings is 1. The lowest BCUT2D eigenvalue weighted by atomic mass is 10.1. The Kier molecular flexibility index (Phi) is 5.21. The number of hydrogen-bond acceptors (Lipinski definition) is 7. The SMILES string of the molecule is CS(=O)(=O)CC[C@@H]1NC(=O)N(CC(=O)Nc2sc3c(c2C#N)CCC3)C1=O. The zero-order chi connectivity index (χ0) is 19.8. The van der Waals surface area contributed by atoms with Gasteiger partial charge in [0.2, 0.25) is 5.91 Å². The van der Waals surface area contributed by atoms with Gasteiger partial charge in [0, 0.05) is 11.1 Å². The summed E-state index contributed by atoms with van der Waals surface area (Å²) in [6, 6.07) is 0.418. The monoisotopic (exact) mass is 410 g/mol. The van der Waals surface area contributed by atoms with Crippen molar-refractivity contribution in [3.8, 4) is 6.07 Å². The van der Waals surface area contributed by atoms with Crippen LogP contribution in [-0.4, -0.2) is 55.8 Å². The number of nitrogens with zero attached hydrogens (tertiary/aromatic N) is 2. The number of amides is 4. The van der Waals surface area contributed by atoms with Gasteiger partial charge in [-0.05, 0) is 31.2 Å². The van der Waals surface area contributed by atoms with Gasteiger partial charge in [-0.1, -0.05) is 0 Å². The van der Waals surface area contributed by atoms with Crippen LogP contribution in [0.25, 0.3) is 0 Å². The van der Waals surface area contributed by atoms with E-state index >= 15 is 0 Å². The second kappa shape index (κ2) is 7.28. The van der Waals surface area contributed by atoms with Gasteiger partial charge in [-0.2, -0.15) is 5.26 Å². The van der Waals surface area contributed by atoms with E-state index in [9.17, 15) is 28.1 Å². The molecule has 2 N–H and O–H groups in total. The highest BCUT2D eigenvalue weighted by Crippen LogP contribution is 2.38. The van der Waals surface area contributed by atoms with Gasteiger partial charge in [0.15, 0.2) is 0 Å². The van der Waals surface area contributed by atoms with E-state index in [4.69, 9.17) is 0 Å². The van der Waals surface area contributed by atoms with E-state index in [-0.39, 0.29) is 12.2 Å². The third-order valence-corrected chi connectivity index (χ3v) is 6.66. The second-order valence-corrected chi connectivity index (χ2v) is 9.93. The molecule has 1 aromatic rings. The molecule has 0 unspecified atom stereocenters. The van der Waals surface area contributed by atoms with Crippen molar-refractivity contribution in [1.29, 1.82) is 5.26 Å². The molecule has 1 fully saturated rings. The standard InChI is InChI=1S/C16H18N4O5S2/c1-27(24,25)6-5-11-15(22)20(16(23)18-11)8-13(21)19-14-10(7-17)9-3-2-4-12(9)26-14/h11H,2-6,8H2,1H3,(H,18,23)(H,19,21)/t11-/m0/s1. The number of nitriles is 1. The Balaban J connectivity index is 1.64. The van der Waals surface area contributed by atoms with Crippen molar-refractivity contribution in [2.24, 2.45) is 0 Å². The Morgan fingerprint density at radius 2 is 2.15 bits per heavy atom. The van der Waals surface area contributed by atoms with Gasteiger partial charge in [-0.3, -0.25) is 14.5 Å². The van der Waals surface area contributed by atoms with Gasteiger partial charge < -0.3 is 10.6 Å². The Morgan fingerprint density at radius 3 is 2.81 bits per heavy atom. The molecule has 0 bridgehead atoms. The molecular formula is C16H18N4O5S2. The second-order valence-electron chi connectivity index (χ2n) is 6.57. The molecule has 0 saturated carbocycles. The summed E-state index contributed by atoms with van der Waals surface area (Å²) in [7, 11) is -3.27. The third kappa shape index (κ3) is 4.12. The van der Waals surface area contributed by atoms with Crippen LogP contribution in [0, 0.1) is 11.3 Å². The van der Waals surface area contributed by atoms with E-state index < -0.39 is 40.3 Å². The first-order chi connectivity index (χ1) is 12.7. The number of fused-ring (bicyclic) bond motifs is 1. The summed E-state index contributed by atoms with van der Waals surface area (Å²) in [5, 5.41) is 14.8. The molecule has 0 radical (unpaired) electrons. The third-order valence-electron chi connectivity index (χ3n) is 4.47. The number of sulfone groups is 1. The predicted molar refractivity (Wildman–Crippen MR) is 98.0 cm³/mol. The lowest BCUT2D eigenvalue weighted by Crippen LogP contribution is -2.38. The first kappa shape index (κ1) is 19.3. The average Bonchev–Trinajstić information content (AvgIpc) is 3.21. The number of carbonyl (C=O) groups excluding carboxylic acids is 3. The molecule has 0 spiro atoms. The number of urea groups is 1. The molecule has 1 aliphatic heterocycles. The van der Waals surface area contributed by atoms with Crippen LogP contribution in [0.5, 0.6) is 0 Å². The van der Waals surface area contributed by atoms with E-state index in [1.807, 2.05) is 0 Å². The van der Waals surface area contributed by atoms with Gasteiger partial charge in [0.25, 0.3) is 5.91 Å². The predicted octanol–water partition coefficient (Wildman–Crippen LogP) is 0.402. The Bertz CT molecular complexity index is 960. The van der Waals surface area contributed by atoms with Crippen LogP contribution in [0.15, 0.2) is 0 Å². The van der Waals surface area contributed by atoms with Crippen molar-refractivity contribution >= 4 is 44.0 Å². The number of rotatable bonds is 6. The van der Waals surface area contributed by atoms with Crippen molar-refractivity contribution in [3.63, 3.8) is 0 Å². The van der Waals surface area contributed by atoms with Crippen LogP contribution in [-0.2, 0) is 32.3 Å². The Morgan fingerprint density at radius 1 is 1.41 bits per heavy atom. The van der Waals surface area contributed by atoms with E-state index in [1.165, 1.54) is 11.3 Å². The maximum Gasteiger partial charge on any atom is 0.325 e. The molecule has 2 heterocycles. The van der Waals surface area contributed by atoms with E-state index in [1.54, 1.807) is 0 Å². The van der Waals surface area contributed by atoms with Gasteiger partial charge >= 0.3 is 6.03 Å². The summed E-state index contributed by atoms with van der Waals surface area (Å²) >= 11 is 1.35. The summed E-state index contributed by atoms with van der Waals surface area (Å²) < 4.78 is 22.5. The molecule has 4 amide bonds. The van der Waals surface area contributed by atoms with Crippen molar-refractivity contribution < 1.29 is 22.8 Å². The molecule has 9 nitrogen and oxygen atoms in total. The molecule has 144 valence electrons. The number of hydrogen-bond donors (Lipinski definition) is 2. The zero-order valence-electron chi connectivity index (χ0n) is 14.6. The van der Waals surface area contributed by atoms with Gasteiger partial charge in [-0.15, -0.1) is 11.3 Å². The summed E-state index contributed by atoms with van der Waals surface area (Å²) in [5.41, 5.74) is 1.41. The summed E-state index contributed by atoms with van der Waals surface area (Å²) in [6.45, 7) is -0.493. The van der Waals surface area contributed by atoms with Crippen LogP contribution in [0.3, 0.4) is 0 Å². The van der Waals surface area contributed by atoms with Gasteiger partial charge in [0.05, 0.1) is 11.3 Å². The average molecular weight is 410 g/mol. The zero-order valence-corrected chi connectivity index (χ0v) is 16.2. The highest BCUT2D eigenvalue weighted by Gasteiger charge is 2.39. The number of nitrogens with one attached hydrogen (secondary N) is 2. The molecule has 1 aliphatic carbocycles. The van der Waals surface area contributed by atoms with Crippen LogP contribution in [0.2, 0.25) is 0 Å². The van der Waals surface area contributed by atoms with Crippen molar-refractivity contribution in [3.05, 3.63) is 16.0 Å². The normalized spacial score (nSPS) is 19.0. The lowest BCUT2D eigenvalue weighted by molar-refractivity contribution is -0.130. The fourth-order valence-corrected chi connectivity index (χ4v) is 5.09. The highest BCUT2D eigenvalue weighted by molar-refractivity contribution is 7.90. The summed E-state index contributed by atoms with van der Waals surface area (Å²) in [5.74, 6) is -1.46. The number of aryl methyl sites for hydroxylation is 1. The highest BCUT2D eigenvalue weighted by atomic mass is 32.2. The van der Waals surface area contributed by atoms with Crippen molar-refractivity contribution in [2.45, 2.75) is 31.7 Å².